The van der Waals surface area contributed by atoms with Crippen molar-refractivity contribution >= 4 is 11.8 Å². The lowest BCUT2D eigenvalue weighted by molar-refractivity contribution is -0.126. The third-order valence-electron chi connectivity index (χ3n) is 3.80. The highest BCUT2D eigenvalue weighted by Crippen LogP contribution is 2.28. The van der Waals surface area contributed by atoms with Gasteiger partial charge in [-0.2, -0.15) is 0 Å². The van der Waals surface area contributed by atoms with Gasteiger partial charge in [0, 0.05) is 6.54 Å². The van der Waals surface area contributed by atoms with Gasteiger partial charge in [0.25, 0.3) is 0 Å². The molecule has 21 heavy (non-hydrogen) atoms. The maximum absolute atomic E-state index is 11.7. The van der Waals surface area contributed by atoms with Crippen LogP contribution in [0.1, 0.15) is 31.2 Å². The van der Waals surface area contributed by atoms with Gasteiger partial charge in [0.2, 0.25) is 11.8 Å². The summed E-state index contributed by atoms with van der Waals surface area (Å²) >= 11 is 0. The lowest BCUT2D eigenvalue weighted by atomic mass is 10.0. The minimum atomic E-state index is -0.760. The van der Waals surface area contributed by atoms with Crippen molar-refractivity contribution in [3.63, 3.8) is 0 Å². The first-order valence-electron chi connectivity index (χ1n) is 7.37. The molecule has 2 rings (SSSR count). The molecular formula is C16H22N2O3. The largest absolute Gasteiger partial charge is 0.388 e. The zero-order valence-corrected chi connectivity index (χ0v) is 12.1. The molecule has 0 spiro atoms. The summed E-state index contributed by atoms with van der Waals surface area (Å²) in [6.07, 6.45) is 3.72. The first kappa shape index (κ1) is 15.5. The number of benzene rings is 1. The Bertz CT molecular complexity index is 482. The lowest BCUT2D eigenvalue weighted by Gasteiger charge is -2.22. The molecular weight excluding hydrogens is 268 g/mol. The van der Waals surface area contributed by atoms with E-state index >= 15 is 0 Å². The Morgan fingerprint density at radius 3 is 2.38 bits per heavy atom. The van der Waals surface area contributed by atoms with Crippen LogP contribution in [0.5, 0.6) is 0 Å². The van der Waals surface area contributed by atoms with Gasteiger partial charge in [0.05, 0.1) is 18.6 Å². The molecule has 1 aliphatic rings. The number of carbonyl (C=O) groups is 2. The van der Waals surface area contributed by atoms with E-state index in [4.69, 9.17) is 0 Å². The minimum absolute atomic E-state index is 0.0538. The van der Waals surface area contributed by atoms with Gasteiger partial charge in [-0.25, -0.2) is 0 Å². The van der Waals surface area contributed by atoms with Gasteiger partial charge < -0.3 is 15.7 Å². The second-order valence-electron chi connectivity index (χ2n) is 5.65. The maximum atomic E-state index is 11.7. The Labute approximate surface area is 124 Å². The summed E-state index contributed by atoms with van der Waals surface area (Å²) in [5.74, 6) is -0.451. The fourth-order valence-corrected chi connectivity index (χ4v) is 2.56. The molecule has 114 valence electrons. The number of hydrogen-bond donors (Lipinski definition) is 3. The van der Waals surface area contributed by atoms with Crippen molar-refractivity contribution in [1.82, 2.24) is 10.6 Å². The monoisotopic (exact) mass is 290 g/mol. The van der Waals surface area contributed by atoms with Gasteiger partial charge in [-0.15, -0.1) is 0 Å². The summed E-state index contributed by atoms with van der Waals surface area (Å²) in [6, 6.07) is 9.38. The minimum Gasteiger partial charge on any atom is -0.388 e. The summed E-state index contributed by atoms with van der Waals surface area (Å²) in [6.45, 7) is 0.210. The average molecular weight is 290 g/mol. The van der Waals surface area contributed by atoms with Crippen molar-refractivity contribution < 1.29 is 14.7 Å². The summed E-state index contributed by atoms with van der Waals surface area (Å²) in [5.41, 5.74) is 0.152. The van der Waals surface area contributed by atoms with Crippen LogP contribution in [0.4, 0.5) is 0 Å². The molecule has 2 amide bonds. The van der Waals surface area contributed by atoms with Crippen LogP contribution in [0.2, 0.25) is 0 Å². The molecule has 0 unspecified atom stereocenters. The van der Waals surface area contributed by atoms with E-state index in [0.717, 1.165) is 31.2 Å². The van der Waals surface area contributed by atoms with E-state index in [1.807, 2.05) is 30.3 Å². The summed E-state index contributed by atoms with van der Waals surface area (Å²) < 4.78 is 0. The van der Waals surface area contributed by atoms with E-state index in [-0.39, 0.29) is 31.3 Å². The zero-order valence-electron chi connectivity index (χ0n) is 12.1. The third-order valence-corrected chi connectivity index (χ3v) is 3.80. The second-order valence-corrected chi connectivity index (χ2v) is 5.65. The average Bonchev–Trinajstić information content (AvgIpc) is 2.91. The smallest absolute Gasteiger partial charge is 0.239 e. The highest BCUT2D eigenvalue weighted by atomic mass is 16.3. The molecule has 0 aromatic heterocycles. The molecule has 0 bridgehead atoms. The highest BCUT2D eigenvalue weighted by molar-refractivity contribution is 5.85. The van der Waals surface area contributed by atoms with Crippen LogP contribution in [0.15, 0.2) is 30.3 Å². The number of carbonyl (C=O) groups excluding carboxylic acids is 2. The molecule has 5 nitrogen and oxygen atoms in total. The molecule has 1 aromatic rings. The Morgan fingerprint density at radius 1 is 1.05 bits per heavy atom. The second kappa shape index (κ2) is 7.22. The molecule has 1 aromatic carbocycles. The van der Waals surface area contributed by atoms with Gasteiger partial charge in [-0.3, -0.25) is 9.59 Å². The fourth-order valence-electron chi connectivity index (χ4n) is 2.56. The summed E-state index contributed by atoms with van der Waals surface area (Å²) in [5, 5.41) is 15.4. The van der Waals surface area contributed by atoms with Gasteiger partial charge in [-0.1, -0.05) is 43.2 Å². The summed E-state index contributed by atoms with van der Waals surface area (Å²) in [7, 11) is 0. The highest BCUT2D eigenvalue weighted by Gasteiger charge is 2.31. The predicted octanol–water partition coefficient (Wildman–Crippen LogP) is 0.767. The van der Waals surface area contributed by atoms with E-state index in [1.165, 1.54) is 0 Å². The van der Waals surface area contributed by atoms with Crippen LogP contribution in [-0.4, -0.2) is 35.6 Å². The molecule has 0 aliphatic heterocycles. The lowest BCUT2D eigenvalue weighted by Crippen LogP contribution is -2.44. The quantitative estimate of drug-likeness (QED) is 0.724. The molecule has 5 heteroatoms. The topological polar surface area (TPSA) is 78.4 Å². The number of aliphatic hydroxyl groups is 1. The van der Waals surface area contributed by atoms with Crippen LogP contribution in [0.25, 0.3) is 0 Å². The Balaban J connectivity index is 1.65. The molecule has 1 saturated carbocycles. The van der Waals surface area contributed by atoms with Crippen LogP contribution < -0.4 is 10.6 Å². The van der Waals surface area contributed by atoms with E-state index in [2.05, 4.69) is 10.6 Å². The number of hydrogen-bond acceptors (Lipinski definition) is 3. The first-order valence-corrected chi connectivity index (χ1v) is 7.37. The molecule has 1 fully saturated rings. The first-order chi connectivity index (χ1) is 10.1. The van der Waals surface area contributed by atoms with Crippen LogP contribution >= 0.6 is 0 Å². The molecule has 0 atom stereocenters. The summed E-state index contributed by atoms with van der Waals surface area (Å²) in [4.78, 5) is 23.4. The van der Waals surface area contributed by atoms with Crippen molar-refractivity contribution in [3.05, 3.63) is 35.9 Å². The molecule has 0 heterocycles. The van der Waals surface area contributed by atoms with Gasteiger partial charge >= 0.3 is 0 Å². The van der Waals surface area contributed by atoms with Crippen molar-refractivity contribution in [2.75, 3.05) is 13.1 Å². The Morgan fingerprint density at radius 2 is 1.71 bits per heavy atom. The van der Waals surface area contributed by atoms with Crippen molar-refractivity contribution in [2.24, 2.45) is 0 Å². The SMILES string of the molecule is O=C(CNC(=O)Cc1ccccc1)NCC1(O)CCCC1. The number of nitrogens with one attached hydrogen (secondary N) is 2. The van der Waals surface area contributed by atoms with Crippen LogP contribution in [0.3, 0.4) is 0 Å². The third kappa shape index (κ3) is 5.19. The Kier molecular flexibility index (Phi) is 5.33. The molecule has 1 aliphatic carbocycles. The zero-order chi connectivity index (χ0) is 15.1. The van der Waals surface area contributed by atoms with Crippen LogP contribution in [-0.2, 0) is 16.0 Å². The standard InChI is InChI=1S/C16H22N2O3/c19-14(10-13-6-2-1-3-7-13)17-11-15(20)18-12-16(21)8-4-5-9-16/h1-3,6-7,21H,4-5,8-12H2,(H,17,19)(H,18,20). The van der Waals surface area contributed by atoms with Crippen LogP contribution in [0, 0.1) is 0 Å². The fraction of sp³-hybridized carbons (Fsp3) is 0.500. The molecule has 3 N–H and O–H groups in total. The van der Waals surface area contributed by atoms with Crippen molar-refractivity contribution in [3.8, 4) is 0 Å². The van der Waals surface area contributed by atoms with E-state index in [0.29, 0.717) is 0 Å². The van der Waals surface area contributed by atoms with Crippen molar-refractivity contribution in [2.45, 2.75) is 37.7 Å². The van der Waals surface area contributed by atoms with Crippen molar-refractivity contribution in [1.29, 1.82) is 0 Å². The normalized spacial score (nSPS) is 16.4. The Hall–Kier alpha value is -1.88. The number of rotatable bonds is 6. The van der Waals surface area contributed by atoms with Gasteiger partial charge in [0.1, 0.15) is 0 Å². The molecule has 0 radical (unpaired) electrons. The maximum Gasteiger partial charge on any atom is 0.239 e. The number of amides is 2. The van der Waals surface area contributed by atoms with E-state index < -0.39 is 5.60 Å². The van der Waals surface area contributed by atoms with Gasteiger partial charge in [0.15, 0.2) is 0 Å². The predicted molar refractivity (Wildman–Crippen MR) is 79.6 cm³/mol. The van der Waals surface area contributed by atoms with E-state index in [9.17, 15) is 14.7 Å². The molecule has 0 saturated heterocycles. The van der Waals surface area contributed by atoms with Gasteiger partial charge in [-0.05, 0) is 18.4 Å². The van der Waals surface area contributed by atoms with E-state index in [1.54, 1.807) is 0 Å².